The number of aromatic carboxylic acids is 1. The van der Waals surface area contributed by atoms with Crippen LogP contribution in [-0.2, 0) is 4.74 Å². The van der Waals surface area contributed by atoms with Crippen molar-refractivity contribution in [2.45, 2.75) is 6.10 Å². The second-order valence-electron chi connectivity index (χ2n) is 4.26. The fraction of sp³-hybridized carbons (Fsp3) is 0.417. The summed E-state index contributed by atoms with van der Waals surface area (Å²) < 4.78 is 4.78. The summed E-state index contributed by atoms with van der Waals surface area (Å²) in [6.07, 6.45) is -0.802. The molecule has 1 unspecified atom stereocenters. The number of anilines is 1. The minimum absolute atomic E-state index is 0.103. The lowest BCUT2D eigenvalue weighted by Crippen LogP contribution is -2.32. The highest BCUT2D eigenvalue weighted by atomic mass is 16.6. The first-order valence-electron chi connectivity index (χ1n) is 5.76. The Morgan fingerprint density at radius 2 is 2.20 bits per heavy atom. The maximum atomic E-state index is 11.0. The third-order valence-electron chi connectivity index (χ3n) is 2.67. The fourth-order valence-electron chi connectivity index (χ4n) is 1.79. The van der Waals surface area contributed by atoms with E-state index in [9.17, 15) is 20.0 Å². The molecule has 0 radical (unpaired) electrons. The van der Waals surface area contributed by atoms with Crippen molar-refractivity contribution in [2.75, 3.05) is 32.2 Å². The third-order valence-corrected chi connectivity index (χ3v) is 2.67. The number of aliphatic hydroxyl groups is 1. The van der Waals surface area contributed by atoms with Gasteiger partial charge in [0.05, 0.1) is 23.2 Å². The van der Waals surface area contributed by atoms with E-state index in [0.29, 0.717) is 0 Å². The molecule has 0 aliphatic heterocycles. The summed E-state index contributed by atoms with van der Waals surface area (Å²) >= 11 is 0. The minimum Gasteiger partial charge on any atom is -0.478 e. The van der Waals surface area contributed by atoms with Crippen LogP contribution in [0.3, 0.4) is 0 Å². The van der Waals surface area contributed by atoms with Crippen LogP contribution in [0.25, 0.3) is 0 Å². The first-order chi connectivity index (χ1) is 9.36. The lowest BCUT2D eigenvalue weighted by molar-refractivity contribution is -0.384. The molecule has 0 saturated carbocycles. The average Bonchev–Trinajstić information content (AvgIpc) is 2.37. The number of benzene rings is 1. The number of hydrogen-bond acceptors (Lipinski definition) is 6. The van der Waals surface area contributed by atoms with E-state index in [1.807, 2.05) is 0 Å². The van der Waals surface area contributed by atoms with Crippen LogP contribution in [0.15, 0.2) is 18.2 Å². The molecule has 110 valence electrons. The Morgan fingerprint density at radius 1 is 1.55 bits per heavy atom. The quantitative estimate of drug-likeness (QED) is 0.560. The largest absolute Gasteiger partial charge is 0.478 e. The Bertz CT molecular complexity index is 505. The highest BCUT2D eigenvalue weighted by Gasteiger charge is 2.21. The van der Waals surface area contributed by atoms with E-state index in [1.165, 1.54) is 24.1 Å². The van der Waals surface area contributed by atoms with Crippen molar-refractivity contribution in [3.05, 3.63) is 33.9 Å². The SMILES string of the molecule is COCC(O)CN(C)c1ccc(C(=O)O)cc1[N+](=O)[O-]. The number of nitro groups is 1. The summed E-state index contributed by atoms with van der Waals surface area (Å²) in [4.78, 5) is 22.7. The maximum Gasteiger partial charge on any atom is 0.335 e. The van der Waals surface area contributed by atoms with E-state index in [4.69, 9.17) is 9.84 Å². The molecule has 8 nitrogen and oxygen atoms in total. The van der Waals surface area contributed by atoms with Gasteiger partial charge in [-0.3, -0.25) is 10.1 Å². The number of likely N-dealkylation sites (N-methyl/N-ethyl adjacent to an activating group) is 1. The van der Waals surface area contributed by atoms with Crippen LogP contribution in [0, 0.1) is 10.1 Å². The lowest BCUT2D eigenvalue weighted by atomic mass is 10.1. The second-order valence-corrected chi connectivity index (χ2v) is 4.26. The van der Waals surface area contributed by atoms with Crippen molar-refractivity contribution in [1.82, 2.24) is 0 Å². The number of carbonyl (C=O) groups is 1. The molecule has 20 heavy (non-hydrogen) atoms. The number of ether oxygens (including phenoxy) is 1. The smallest absolute Gasteiger partial charge is 0.335 e. The summed E-state index contributed by atoms with van der Waals surface area (Å²) in [5.41, 5.74) is -0.251. The van der Waals surface area contributed by atoms with Crippen molar-refractivity contribution in [3.63, 3.8) is 0 Å². The van der Waals surface area contributed by atoms with Gasteiger partial charge in [0.15, 0.2) is 0 Å². The molecular weight excluding hydrogens is 268 g/mol. The van der Waals surface area contributed by atoms with E-state index in [-0.39, 0.29) is 30.1 Å². The molecule has 0 saturated heterocycles. The van der Waals surface area contributed by atoms with E-state index < -0.39 is 17.0 Å². The standard InChI is InChI=1S/C12H16N2O6/c1-13(6-9(15)7-20-2)10-4-3-8(12(16)17)5-11(10)14(18)19/h3-5,9,15H,6-7H2,1-2H3,(H,16,17). The van der Waals surface area contributed by atoms with E-state index >= 15 is 0 Å². The lowest BCUT2D eigenvalue weighted by Gasteiger charge is -2.22. The monoisotopic (exact) mass is 284 g/mol. The molecule has 0 amide bonds. The molecule has 0 fully saturated rings. The Morgan fingerprint density at radius 3 is 2.70 bits per heavy atom. The van der Waals surface area contributed by atoms with Gasteiger partial charge in [-0.05, 0) is 12.1 Å². The van der Waals surface area contributed by atoms with Gasteiger partial charge in [0.1, 0.15) is 5.69 Å². The maximum absolute atomic E-state index is 11.0. The van der Waals surface area contributed by atoms with Gasteiger partial charge in [-0.25, -0.2) is 4.79 Å². The molecule has 0 aromatic heterocycles. The third kappa shape index (κ3) is 3.90. The number of methoxy groups -OCH3 is 1. The van der Waals surface area contributed by atoms with Crippen molar-refractivity contribution in [1.29, 1.82) is 0 Å². The zero-order valence-electron chi connectivity index (χ0n) is 11.1. The zero-order chi connectivity index (χ0) is 15.3. The van der Waals surface area contributed by atoms with Crippen molar-refractivity contribution >= 4 is 17.3 Å². The predicted molar refractivity (Wildman–Crippen MR) is 71.2 cm³/mol. The van der Waals surface area contributed by atoms with E-state index in [1.54, 1.807) is 7.05 Å². The summed E-state index contributed by atoms with van der Waals surface area (Å²) in [5.74, 6) is -1.23. The first-order valence-corrected chi connectivity index (χ1v) is 5.76. The highest BCUT2D eigenvalue weighted by Crippen LogP contribution is 2.28. The van der Waals surface area contributed by atoms with Gasteiger partial charge in [-0.2, -0.15) is 0 Å². The van der Waals surface area contributed by atoms with Gasteiger partial charge in [0.2, 0.25) is 0 Å². The zero-order valence-corrected chi connectivity index (χ0v) is 11.1. The number of carboxylic acids is 1. The number of aliphatic hydroxyl groups excluding tert-OH is 1. The Balaban J connectivity index is 3.04. The topological polar surface area (TPSA) is 113 Å². The fourth-order valence-corrected chi connectivity index (χ4v) is 1.79. The Kier molecular flexibility index (Phi) is 5.42. The van der Waals surface area contributed by atoms with Crippen LogP contribution < -0.4 is 4.90 Å². The highest BCUT2D eigenvalue weighted by molar-refractivity contribution is 5.89. The van der Waals surface area contributed by atoms with E-state index in [0.717, 1.165) is 6.07 Å². The average molecular weight is 284 g/mol. The number of rotatable bonds is 7. The predicted octanol–water partition coefficient (Wildman–Crippen LogP) is 0.736. The molecule has 1 atom stereocenters. The Labute approximate surface area is 115 Å². The summed E-state index contributed by atoms with van der Waals surface area (Å²) in [6, 6.07) is 3.63. The molecule has 1 aromatic rings. The van der Waals surface area contributed by atoms with Crippen LogP contribution >= 0.6 is 0 Å². The summed E-state index contributed by atoms with van der Waals surface area (Å²) in [5, 5.41) is 29.5. The summed E-state index contributed by atoms with van der Waals surface area (Å²) in [7, 11) is 3.01. The molecule has 2 N–H and O–H groups in total. The number of carboxylic acid groups (broad SMARTS) is 1. The molecule has 0 heterocycles. The number of nitro benzene ring substituents is 1. The van der Waals surface area contributed by atoms with Crippen LogP contribution in [0.2, 0.25) is 0 Å². The van der Waals surface area contributed by atoms with Crippen LogP contribution in [0.5, 0.6) is 0 Å². The molecule has 0 spiro atoms. The Hall–Kier alpha value is -2.19. The summed E-state index contributed by atoms with van der Waals surface area (Å²) in [6.45, 7) is 0.229. The molecule has 8 heteroatoms. The van der Waals surface area contributed by atoms with Gasteiger partial charge < -0.3 is 19.8 Å². The van der Waals surface area contributed by atoms with Gasteiger partial charge in [-0.1, -0.05) is 0 Å². The van der Waals surface area contributed by atoms with Gasteiger partial charge in [0.25, 0.3) is 5.69 Å². The second kappa shape index (κ2) is 6.83. The van der Waals surface area contributed by atoms with Crippen LogP contribution in [0.1, 0.15) is 10.4 Å². The van der Waals surface area contributed by atoms with Crippen molar-refractivity contribution < 1.29 is 24.7 Å². The van der Waals surface area contributed by atoms with Crippen molar-refractivity contribution in [3.8, 4) is 0 Å². The first kappa shape index (κ1) is 15.9. The van der Waals surface area contributed by atoms with Crippen LogP contribution in [-0.4, -0.2) is 54.5 Å². The van der Waals surface area contributed by atoms with Crippen molar-refractivity contribution in [2.24, 2.45) is 0 Å². The molecule has 0 bridgehead atoms. The number of nitrogens with zero attached hydrogens (tertiary/aromatic N) is 2. The van der Waals surface area contributed by atoms with Gasteiger partial charge in [-0.15, -0.1) is 0 Å². The minimum atomic E-state index is -1.23. The normalized spacial score (nSPS) is 11.9. The van der Waals surface area contributed by atoms with Gasteiger partial charge >= 0.3 is 5.97 Å². The van der Waals surface area contributed by atoms with Gasteiger partial charge in [0, 0.05) is 26.8 Å². The molecule has 0 aliphatic rings. The van der Waals surface area contributed by atoms with Crippen LogP contribution in [0.4, 0.5) is 11.4 Å². The molecule has 1 rings (SSSR count). The molecule has 1 aromatic carbocycles. The molecular formula is C12H16N2O6. The number of hydrogen-bond donors (Lipinski definition) is 2. The molecule has 0 aliphatic carbocycles. The van der Waals surface area contributed by atoms with E-state index in [2.05, 4.69) is 0 Å².